The SMILES string of the molecule is Cc1cc(C(=N)I)c(NCC(=O)OC(C)(C)C)cn1. The monoisotopic (exact) mass is 375 g/mol. The number of hydrogen-bond acceptors (Lipinski definition) is 5. The predicted octanol–water partition coefficient (Wildman–Crippen LogP) is 2.90. The molecule has 0 amide bonds. The second kappa shape index (κ2) is 6.31. The molecule has 0 spiro atoms. The van der Waals surface area contributed by atoms with Crippen LogP contribution in [0.3, 0.4) is 0 Å². The summed E-state index contributed by atoms with van der Waals surface area (Å²) in [4.78, 5) is 15.8. The molecule has 19 heavy (non-hydrogen) atoms. The minimum absolute atomic E-state index is 0.0545. The van der Waals surface area contributed by atoms with Gasteiger partial charge in [0.1, 0.15) is 15.9 Å². The van der Waals surface area contributed by atoms with Crippen molar-refractivity contribution in [2.45, 2.75) is 33.3 Å². The van der Waals surface area contributed by atoms with Gasteiger partial charge in [0, 0.05) is 11.3 Å². The average Bonchev–Trinajstić information content (AvgIpc) is 2.24. The van der Waals surface area contributed by atoms with Crippen LogP contribution in [-0.2, 0) is 9.53 Å². The van der Waals surface area contributed by atoms with Gasteiger partial charge in [-0.05, 0) is 56.4 Å². The smallest absolute Gasteiger partial charge is 0.325 e. The maximum atomic E-state index is 11.6. The Hall–Kier alpha value is -1.18. The average molecular weight is 375 g/mol. The zero-order valence-electron chi connectivity index (χ0n) is 11.5. The second-order valence-corrected chi connectivity index (χ2v) is 6.20. The molecule has 0 aliphatic heterocycles. The molecule has 0 aliphatic carbocycles. The van der Waals surface area contributed by atoms with Gasteiger partial charge < -0.3 is 10.1 Å². The van der Waals surface area contributed by atoms with Crippen molar-refractivity contribution in [2.75, 3.05) is 11.9 Å². The Labute approximate surface area is 126 Å². The normalized spacial score (nSPS) is 11.0. The molecule has 0 fully saturated rings. The first-order chi connectivity index (χ1) is 8.69. The lowest BCUT2D eigenvalue weighted by molar-refractivity contribution is -0.152. The third-order valence-electron chi connectivity index (χ3n) is 2.12. The molecular formula is C13H18IN3O2. The third kappa shape index (κ3) is 5.54. The minimum atomic E-state index is -0.497. The zero-order valence-corrected chi connectivity index (χ0v) is 13.7. The number of pyridine rings is 1. The molecule has 0 unspecified atom stereocenters. The molecule has 0 saturated carbocycles. The highest BCUT2D eigenvalue weighted by Gasteiger charge is 2.16. The van der Waals surface area contributed by atoms with E-state index >= 15 is 0 Å². The van der Waals surface area contributed by atoms with E-state index in [1.54, 1.807) is 6.20 Å². The molecule has 0 radical (unpaired) electrons. The van der Waals surface area contributed by atoms with Crippen LogP contribution in [0.2, 0.25) is 0 Å². The van der Waals surface area contributed by atoms with E-state index in [0.717, 1.165) is 11.3 Å². The van der Waals surface area contributed by atoms with Crippen molar-refractivity contribution >= 4 is 38.0 Å². The van der Waals surface area contributed by atoms with Crippen LogP contribution in [0, 0.1) is 12.3 Å². The summed E-state index contributed by atoms with van der Waals surface area (Å²) in [6.45, 7) is 7.39. The summed E-state index contributed by atoms with van der Waals surface area (Å²) in [6.07, 6.45) is 1.63. The van der Waals surface area contributed by atoms with Gasteiger partial charge in [-0.3, -0.25) is 15.2 Å². The first-order valence-corrected chi connectivity index (χ1v) is 6.94. The molecule has 1 aromatic rings. The molecule has 104 valence electrons. The molecule has 0 aromatic carbocycles. The van der Waals surface area contributed by atoms with Crippen molar-refractivity contribution in [3.05, 3.63) is 23.5 Å². The Balaban J connectivity index is 2.73. The summed E-state index contributed by atoms with van der Waals surface area (Å²) >= 11 is 1.93. The highest BCUT2D eigenvalue weighted by molar-refractivity contribution is 14.1. The van der Waals surface area contributed by atoms with Crippen LogP contribution in [0.15, 0.2) is 12.3 Å². The molecule has 0 bridgehead atoms. The number of aromatic nitrogens is 1. The standard InChI is InChI=1S/C13H18IN3O2/c1-8-5-9(12(14)15)10(6-16-8)17-7-11(18)19-13(2,3)4/h5-6,15,17H,7H2,1-4H3. The van der Waals surface area contributed by atoms with E-state index < -0.39 is 5.60 Å². The zero-order chi connectivity index (χ0) is 14.6. The van der Waals surface area contributed by atoms with Gasteiger partial charge in [0.05, 0.1) is 11.9 Å². The van der Waals surface area contributed by atoms with Crippen LogP contribution in [0.1, 0.15) is 32.0 Å². The van der Waals surface area contributed by atoms with Crippen LogP contribution in [0.5, 0.6) is 0 Å². The third-order valence-corrected chi connectivity index (χ3v) is 2.70. The van der Waals surface area contributed by atoms with Gasteiger partial charge in [-0.1, -0.05) is 0 Å². The second-order valence-electron chi connectivity index (χ2n) is 5.13. The number of halogens is 1. The molecule has 2 N–H and O–H groups in total. The minimum Gasteiger partial charge on any atom is -0.459 e. The van der Waals surface area contributed by atoms with Crippen molar-refractivity contribution < 1.29 is 9.53 Å². The van der Waals surface area contributed by atoms with Crippen LogP contribution >= 0.6 is 22.6 Å². The highest BCUT2D eigenvalue weighted by Crippen LogP contribution is 2.18. The van der Waals surface area contributed by atoms with Gasteiger partial charge in [0.15, 0.2) is 0 Å². The van der Waals surface area contributed by atoms with Gasteiger partial charge in [-0.2, -0.15) is 0 Å². The fraction of sp³-hybridized carbons (Fsp3) is 0.462. The number of nitrogens with zero attached hydrogens (tertiary/aromatic N) is 1. The van der Waals surface area contributed by atoms with Gasteiger partial charge in [-0.15, -0.1) is 0 Å². The fourth-order valence-electron chi connectivity index (χ4n) is 1.43. The number of carbonyl (C=O) groups excluding carboxylic acids is 1. The van der Waals surface area contributed by atoms with Gasteiger partial charge in [0.2, 0.25) is 0 Å². The van der Waals surface area contributed by atoms with Gasteiger partial charge in [0.25, 0.3) is 0 Å². The van der Waals surface area contributed by atoms with E-state index in [-0.39, 0.29) is 12.5 Å². The van der Waals surface area contributed by atoms with Crippen LogP contribution in [-0.4, -0.2) is 26.8 Å². The van der Waals surface area contributed by atoms with Crippen molar-refractivity contribution in [3.63, 3.8) is 0 Å². The number of carbonyl (C=O) groups is 1. The van der Waals surface area contributed by atoms with Crippen LogP contribution in [0.25, 0.3) is 0 Å². The quantitative estimate of drug-likeness (QED) is 0.482. The first-order valence-electron chi connectivity index (χ1n) is 5.86. The number of aryl methyl sites for hydroxylation is 1. The lowest BCUT2D eigenvalue weighted by Gasteiger charge is -2.20. The lowest BCUT2D eigenvalue weighted by Crippen LogP contribution is -2.28. The molecule has 5 nitrogen and oxygen atoms in total. The van der Waals surface area contributed by atoms with Crippen molar-refractivity contribution in [2.24, 2.45) is 0 Å². The summed E-state index contributed by atoms with van der Waals surface area (Å²) in [7, 11) is 0. The van der Waals surface area contributed by atoms with E-state index in [9.17, 15) is 4.79 Å². The Bertz CT molecular complexity index is 495. The van der Waals surface area contributed by atoms with E-state index in [2.05, 4.69) is 10.3 Å². The maximum absolute atomic E-state index is 11.6. The Morgan fingerprint density at radius 3 is 2.68 bits per heavy atom. The molecular weight excluding hydrogens is 357 g/mol. The highest BCUT2D eigenvalue weighted by atomic mass is 127. The number of anilines is 1. The Morgan fingerprint density at radius 1 is 1.53 bits per heavy atom. The van der Waals surface area contributed by atoms with Crippen LogP contribution in [0.4, 0.5) is 5.69 Å². The largest absolute Gasteiger partial charge is 0.459 e. The van der Waals surface area contributed by atoms with Gasteiger partial charge >= 0.3 is 5.97 Å². The number of hydrogen-bond donors (Lipinski definition) is 2. The van der Waals surface area contributed by atoms with E-state index in [4.69, 9.17) is 10.1 Å². The van der Waals surface area contributed by atoms with E-state index in [1.165, 1.54) is 0 Å². The summed E-state index contributed by atoms with van der Waals surface area (Å²) in [5, 5.41) is 10.7. The van der Waals surface area contributed by atoms with E-state index in [1.807, 2.05) is 56.4 Å². The van der Waals surface area contributed by atoms with Crippen molar-refractivity contribution in [1.29, 1.82) is 5.41 Å². The Morgan fingerprint density at radius 2 is 2.16 bits per heavy atom. The maximum Gasteiger partial charge on any atom is 0.325 e. The molecule has 0 aliphatic rings. The van der Waals surface area contributed by atoms with Crippen molar-refractivity contribution in [3.8, 4) is 0 Å². The number of nitrogens with one attached hydrogen (secondary N) is 2. The van der Waals surface area contributed by atoms with E-state index in [0.29, 0.717) is 9.41 Å². The molecule has 0 atom stereocenters. The first kappa shape index (κ1) is 15.9. The number of rotatable bonds is 4. The Kier molecular flexibility index (Phi) is 5.28. The molecule has 1 rings (SSSR count). The molecule has 1 aromatic heterocycles. The summed E-state index contributed by atoms with van der Waals surface area (Å²) in [5.41, 5.74) is 1.73. The predicted molar refractivity (Wildman–Crippen MR) is 84.2 cm³/mol. The summed E-state index contributed by atoms with van der Waals surface area (Å²) < 4.78 is 5.60. The van der Waals surface area contributed by atoms with Crippen molar-refractivity contribution in [1.82, 2.24) is 4.98 Å². The molecule has 1 heterocycles. The van der Waals surface area contributed by atoms with Crippen LogP contribution < -0.4 is 5.32 Å². The molecule has 6 heteroatoms. The number of esters is 1. The lowest BCUT2D eigenvalue weighted by atomic mass is 10.2. The fourth-order valence-corrected chi connectivity index (χ4v) is 1.87. The number of ether oxygens (including phenoxy) is 1. The summed E-state index contributed by atoms with van der Waals surface area (Å²) in [6, 6.07) is 1.81. The summed E-state index contributed by atoms with van der Waals surface area (Å²) in [5.74, 6) is -0.334. The topological polar surface area (TPSA) is 75.1 Å². The van der Waals surface area contributed by atoms with Gasteiger partial charge in [-0.25, -0.2) is 0 Å². The molecule has 0 saturated heterocycles.